The molecule has 0 N–H and O–H groups in total. The average molecular weight is 315 g/mol. The summed E-state index contributed by atoms with van der Waals surface area (Å²) in [7, 11) is 0. The summed E-state index contributed by atoms with van der Waals surface area (Å²) >= 11 is 8.16. The van der Waals surface area contributed by atoms with Crippen molar-refractivity contribution < 1.29 is 0 Å². The van der Waals surface area contributed by atoms with Crippen molar-refractivity contribution in [3.8, 4) is 5.69 Å². The number of hydrogen-bond donors (Lipinski definition) is 0. The van der Waals surface area contributed by atoms with Crippen molar-refractivity contribution in [2.24, 2.45) is 0 Å². The minimum atomic E-state index is 0.201. The number of halogens is 1. The fraction of sp³-hybridized carbons (Fsp3) is 0.133. The number of aromatic nitrogens is 4. The fourth-order valence-corrected chi connectivity index (χ4v) is 4.16. The first-order valence-electron chi connectivity index (χ1n) is 6.60. The Hall–Kier alpha value is -1.85. The van der Waals surface area contributed by atoms with Crippen LogP contribution in [0.5, 0.6) is 0 Å². The second-order valence-corrected chi connectivity index (χ2v) is 6.46. The lowest BCUT2D eigenvalue weighted by Crippen LogP contribution is -2.04. The standard InChI is InChI=1S/C15H11ClN4S/c16-11-6-2-1-5-10(11)14-9-15-17-18-19-20(15)12-7-3-4-8-13(12)21-14/h1-8,14H,9H2. The van der Waals surface area contributed by atoms with Gasteiger partial charge in [0, 0.05) is 21.6 Å². The van der Waals surface area contributed by atoms with Gasteiger partial charge in [0.1, 0.15) is 0 Å². The third-order valence-corrected chi connectivity index (χ3v) is 5.17. The molecule has 0 bridgehead atoms. The molecule has 104 valence electrons. The number of tetrazole rings is 1. The normalized spacial score (nSPS) is 16.9. The third kappa shape index (κ3) is 2.22. The Morgan fingerprint density at radius 1 is 1.10 bits per heavy atom. The molecule has 0 radical (unpaired) electrons. The van der Waals surface area contributed by atoms with E-state index in [2.05, 4.69) is 27.7 Å². The highest BCUT2D eigenvalue weighted by atomic mass is 35.5. The van der Waals surface area contributed by atoms with E-state index >= 15 is 0 Å². The predicted molar refractivity (Wildman–Crippen MR) is 82.9 cm³/mol. The Morgan fingerprint density at radius 3 is 2.81 bits per heavy atom. The molecule has 1 aliphatic heterocycles. The van der Waals surface area contributed by atoms with E-state index in [1.54, 1.807) is 11.8 Å². The molecule has 1 atom stereocenters. The second-order valence-electron chi connectivity index (χ2n) is 4.81. The number of nitrogens with zero attached hydrogens (tertiary/aromatic N) is 4. The Bertz CT molecular complexity index is 802. The van der Waals surface area contributed by atoms with Gasteiger partial charge in [-0.3, -0.25) is 0 Å². The quantitative estimate of drug-likeness (QED) is 0.687. The average Bonchev–Trinajstić information content (AvgIpc) is 2.90. The van der Waals surface area contributed by atoms with Crippen LogP contribution in [0.15, 0.2) is 53.4 Å². The number of thioether (sulfide) groups is 1. The van der Waals surface area contributed by atoms with E-state index in [0.29, 0.717) is 0 Å². The van der Waals surface area contributed by atoms with E-state index in [9.17, 15) is 0 Å². The molecule has 21 heavy (non-hydrogen) atoms. The molecule has 3 aromatic rings. The molecule has 0 saturated carbocycles. The van der Waals surface area contributed by atoms with Crippen LogP contribution >= 0.6 is 23.4 Å². The monoisotopic (exact) mass is 314 g/mol. The largest absolute Gasteiger partial charge is 0.196 e. The minimum Gasteiger partial charge on any atom is -0.196 e. The van der Waals surface area contributed by atoms with Crippen LogP contribution in [-0.2, 0) is 6.42 Å². The Balaban J connectivity index is 1.87. The highest BCUT2D eigenvalue weighted by molar-refractivity contribution is 7.99. The van der Waals surface area contributed by atoms with E-state index in [0.717, 1.165) is 33.4 Å². The van der Waals surface area contributed by atoms with Crippen molar-refractivity contribution in [2.75, 3.05) is 0 Å². The summed E-state index contributed by atoms with van der Waals surface area (Å²) in [6.45, 7) is 0. The first-order valence-corrected chi connectivity index (χ1v) is 7.86. The third-order valence-electron chi connectivity index (χ3n) is 3.52. The summed E-state index contributed by atoms with van der Waals surface area (Å²) in [6.07, 6.45) is 0.746. The van der Waals surface area contributed by atoms with Crippen molar-refractivity contribution in [1.82, 2.24) is 20.2 Å². The summed E-state index contributed by atoms with van der Waals surface area (Å²) in [5.41, 5.74) is 2.15. The fourth-order valence-electron chi connectivity index (χ4n) is 2.52. The van der Waals surface area contributed by atoms with Gasteiger partial charge in [-0.25, -0.2) is 0 Å². The first-order chi connectivity index (χ1) is 10.3. The van der Waals surface area contributed by atoms with Gasteiger partial charge in [-0.2, -0.15) is 4.68 Å². The molecule has 2 heterocycles. The highest BCUT2D eigenvalue weighted by Gasteiger charge is 2.26. The molecule has 0 amide bonds. The van der Waals surface area contributed by atoms with Gasteiger partial charge in [0.05, 0.1) is 5.69 Å². The molecular formula is C15H11ClN4S. The molecule has 0 saturated heterocycles. The lowest BCUT2D eigenvalue weighted by molar-refractivity contribution is 0.748. The van der Waals surface area contributed by atoms with E-state index < -0.39 is 0 Å². The van der Waals surface area contributed by atoms with Gasteiger partial charge in [-0.15, -0.1) is 16.9 Å². The number of benzene rings is 2. The number of hydrogen-bond acceptors (Lipinski definition) is 4. The Morgan fingerprint density at radius 2 is 1.90 bits per heavy atom. The summed E-state index contributed by atoms with van der Waals surface area (Å²) in [5, 5.41) is 13.1. The van der Waals surface area contributed by atoms with Crippen LogP contribution in [0.1, 0.15) is 16.6 Å². The maximum absolute atomic E-state index is 6.37. The van der Waals surface area contributed by atoms with E-state index in [4.69, 9.17) is 11.6 Å². The SMILES string of the molecule is Clc1ccccc1C1Cc2nnnn2-c2ccccc2S1. The zero-order chi connectivity index (χ0) is 14.2. The van der Waals surface area contributed by atoms with Crippen molar-refractivity contribution >= 4 is 23.4 Å². The maximum Gasteiger partial charge on any atom is 0.158 e. The lowest BCUT2D eigenvalue weighted by atomic mass is 10.1. The summed E-state index contributed by atoms with van der Waals surface area (Å²) in [5.74, 6) is 0.859. The zero-order valence-corrected chi connectivity index (χ0v) is 12.6. The predicted octanol–water partition coefficient (Wildman–Crippen LogP) is 3.71. The maximum atomic E-state index is 6.37. The van der Waals surface area contributed by atoms with Gasteiger partial charge >= 0.3 is 0 Å². The van der Waals surface area contributed by atoms with Gasteiger partial charge in [0.2, 0.25) is 0 Å². The number of fused-ring (bicyclic) bond motifs is 3. The molecule has 0 spiro atoms. The summed E-state index contributed by atoms with van der Waals surface area (Å²) < 4.78 is 1.82. The van der Waals surface area contributed by atoms with Crippen LogP contribution in [0, 0.1) is 0 Å². The second kappa shape index (κ2) is 5.16. The highest BCUT2D eigenvalue weighted by Crippen LogP contribution is 2.44. The molecule has 1 unspecified atom stereocenters. The Kier molecular flexibility index (Phi) is 3.16. The number of rotatable bonds is 1. The van der Waals surface area contributed by atoms with E-state index in [-0.39, 0.29) is 5.25 Å². The van der Waals surface area contributed by atoms with Crippen LogP contribution in [-0.4, -0.2) is 20.2 Å². The zero-order valence-electron chi connectivity index (χ0n) is 11.0. The Labute approximate surface area is 131 Å². The minimum absolute atomic E-state index is 0.201. The smallest absolute Gasteiger partial charge is 0.158 e. The first kappa shape index (κ1) is 12.9. The molecule has 6 heteroatoms. The van der Waals surface area contributed by atoms with Crippen LogP contribution in [0.25, 0.3) is 5.69 Å². The summed E-state index contributed by atoms with van der Waals surface area (Å²) in [6, 6.07) is 16.1. The molecule has 4 rings (SSSR count). The molecule has 0 aliphatic carbocycles. The summed E-state index contributed by atoms with van der Waals surface area (Å²) in [4.78, 5) is 1.16. The van der Waals surface area contributed by atoms with Crippen LogP contribution in [0.3, 0.4) is 0 Å². The molecular weight excluding hydrogens is 304 g/mol. The van der Waals surface area contributed by atoms with Crippen molar-refractivity contribution in [3.63, 3.8) is 0 Å². The van der Waals surface area contributed by atoms with E-state index in [1.165, 1.54) is 0 Å². The van der Waals surface area contributed by atoms with Crippen molar-refractivity contribution in [1.29, 1.82) is 0 Å². The molecule has 0 fully saturated rings. The van der Waals surface area contributed by atoms with Crippen LogP contribution in [0.4, 0.5) is 0 Å². The van der Waals surface area contributed by atoms with Gasteiger partial charge in [-0.1, -0.05) is 41.9 Å². The van der Waals surface area contributed by atoms with Gasteiger partial charge < -0.3 is 0 Å². The van der Waals surface area contributed by atoms with Gasteiger partial charge in [0.25, 0.3) is 0 Å². The number of para-hydroxylation sites is 1. The topological polar surface area (TPSA) is 43.6 Å². The van der Waals surface area contributed by atoms with Crippen LogP contribution < -0.4 is 0 Å². The lowest BCUT2D eigenvalue weighted by Gasteiger charge is -2.15. The molecule has 2 aromatic carbocycles. The molecule has 1 aromatic heterocycles. The van der Waals surface area contributed by atoms with Crippen molar-refractivity contribution in [3.05, 3.63) is 64.9 Å². The van der Waals surface area contributed by atoms with Gasteiger partial charge in [-0.05, 0) is 34.2 Å². The van der Waals surface area contributed by atoms with Gasteiger partial charge in [0.15, 0.2) is 5.82 Å². The van der Waals surface area contributed by atoms with E-state index in [1.807, 2.05) is 41.1 Å². The molecule has 1 aliphatic rings. The van der Waals surface area contributed by atoms with Crippen molar-refractivity contribution in [2.45, 2.75) is 16.6 Å². The van der Waals surface area contributed by atoms with Crippen LogP contribution in [0.2, 0.25) is 5.02 Å². The molecule has 4 nitrogen and oxygen atoms in total.